The van der Waals surface area contributed by atoms with Gasteiger partial charge in [0, 0.05) is 18.5 Å². The van der Waals surface area contributed by atoms with E-state index in [1.54, 1.807) is 14.2 Å². The number of methoxy groups -OCH3 is 2. The number of amides is 2. The van der Waals surface area contributed by atoms with E-state index in [0.29, 0.717) is 13.0 Å². The molecule has 0 saturated carbocycles. The first-order chi connectivity index (χ1) is 32.9. The summed E-state index contributed by atoms with van der Waals surface area (Å²) in [5.41, 5.74) is 2.71. The van der Waals surface area contributed by atoms with Crippen LogP contribution in [-0.4, -0.2) is 82.5 Å². The Bertz CT molecular complexity index is 1760. The summed E-state index contributed by atoms with van der Waals surface area (Å²) < 4.78 is 50.7. The van der Waals surface area contributed by atoms with Gasteiger partial charge in [-0.05, 0) is 48.2 Å². The van der Waals surface area contributed by atoms with Gasteiger partial charge in [-0.25, -0.2) is 0 Å². The normalized spacial score (nSPS) is 20.7. The lowest BCUT2D eigenvalue weighted by molar-refractivity contribution is -0.372. The summed E-state index contributed by atoms with van der Waals surface area (Å²) in [6.45, 7) is 5.50. The second-order valence-electron chi connectivity index (χ2n) is 18.1. The van der Waals surface area contributed by atoms with Crippen molar-refractivity contribution >= 4 is 11.8 Å². The molecule has 67 heavy (non-hydrogen) atoms. The molecule has 0 aromatic heterocycles. The van der Waals surface area contributed by atoms with Crippen molar-refractivity contribution in [3.8, 4) is 11.5 Å². The number of ether oxygens (including phenoxy) is 8. The van der Waals surface area contributed by atoms with Gasteiger partial charge in [-0.3, -0.25) is 9.59 Å². The molecule has 2 aliphatic rings. The number of carbonyl (C=O) groups is 2. The molecular formula is C55H82N2O10. The van der Waals surface area contributed by atoms with Gasteiger partial charge in [0.25, 0.3) is 0 Å². The second kappa shape index (κ2) is 31.9. The highest BCUT2D eigenvalue weighted by Crippen LogP contribution is 2.37. The van der Waals surface area contributed by atoms with Crippen molar-refractivity contribution in [1.29, 1.82) is 0 Å². The third-order valence-corrected chi connectivity index (χ3v) is 12.7. The van der Waals surface area contributed by atoms with Crippen LogP contribution in [0.4, 0.5) is 0 Å². The molecule has 7 atom stereocenters. The number of fused-ring (bicyclic) bond motifs is 1. The van der Waals surface area contributed by atoms with Crippen LogP contribution in [0.2, 0.25) is 0 Å². The zero-order valence-corrected chi connectivity index (χ0v) is 41.1. The molecule has 12 nitrogen and oxygen atoms in total. The smallest absolute Gasteiger partial charge is 0.244 e. The van der Waals surface area contributed by atoms with Crippen LogP contribution in [0.15, 0.2) is 78.9 Å². The van der Waals surface area contributed by atoms with Gasteiger partial charge in [0.1, 0.15) is 42.0 Å². The highest BCUT2D eigenvalue weighted by molar-refractivity contribution is 5.87. The molecule has 2 heterocycles. The van der Waals surface area contributed by atoms with Crippen molar-refractivity contribution in [3.63, 3.8) is 0 Å². The summed E-state index contributed by atoms with van der Waals surface area (Å²) in [6, 6.07) is 24.2. The Morgan fingerprint density at radius 3 is 1.69 bits per heavy atom. The number of rotatable bonds is 34. The molecule has 2 amide bonds. The van der Waals surface area contributed by atoms with Gasteiger partial charge in [-0.1, -0.05) is 171 Å². The van der Waals surface area contributed by atoms with Gasteiger partial charge in [0.2, 0.25) is 11.8 Å². The standard InChI is InChI=1S/C55H82N2O10/c1-5-7-9-11-13-15-17-19-24-28-49(58)57-47(53(59)56-37-25-20-18-16-14-12-10-8-6-2)40-64-55-52(63-39-43-31-35-46(61-4)36-32-43)51(62-38-42-29-33-45(60-3)34-30-42)50-48(66-55)41-65-54(67-50)44-26-22-21-23-27-44/h21-23,26-27,29-36,47-48,50-52,54-55H,5-20,24-25,28,37-41H2,1-4H3,(H,56,59)(H,57,58)/t47-,48+,50-,51-,52+,54+,55-/m0/s1. The quantitative estimate of drug-likeness (QED) is 0.0558. The van der Waals surface area contributed by atoms with Crippen molar-refractivity contribution in [2.24, 2.45) is 0 Å². The molecule has 12 heteroatoms. The lowest BCUT2D eigenvalue weighted by Gasteiger charge is -2.49. The Kier molecular flexibility index (Phi) is 25.7. The van der Waals surface area contributed by atoms with E-state index in [2.05, 4.69) is 24.5 Å². The van der Waals surface area contributed by atoms with E-state index in [4.69, 9.17) is 37.9 Å². The molecule has 0 unspecified atom stereocenters. The number of carbonyl (C=O) groups excluding carboxylic acids is 2. The number of nitrogens with one attached hydrogen (secondary N) is 2. The summed E-state index contributed by atoms with van der Waals surface area (Å²) in [5, 5.41) is 6.12. The Labute approximate surface area is 401 Å². The van der Waals surface area contributed by atoms with Crippen molar-refractivity contribution in [2.45, 2.75) is 192 Å². The third kappa shape index (κ3) is 19.5. The van der Waals surface area contributed by atoms with Gasteiger partial charge < -0.3 is 48.5 Å². The highest BCUT2D eigenvalue weighted by Gasteiger charge is 2.52. The van der Waals surface area contributed by atoms with Crippen molar-refractivity contribution in [2.75, 3.05) is 34.0 Å². The fourth-order valence-electron chi connectivity index (χ4n) is 8.66. The zero-order valence-electron chi connectivity index (χ0n) is 41.1. The average Bonchev–Trinajstić information content (AvgIpc) is 3.36. The maximum atomic E-state index is 14.0. The summed E-state index contributed by atoms with van der Waals surface area (Å²) >= 11 is 0. The summed E-state index contributed by atoms with van der Waals surface area (Å²) in [4.78, 5) is 27.5. The van der Waals surface area contributed by atoms with Gasteiger partial charge in [0.15, 0.2) is 12.6 Å². The van der Waals surface area contributed by atoms with Gasteiger partial charge in [0.05, 0.1) is 40.6 Å². The van der Waals surface area contributed by atoms with E-state index in [1.165, 1.54) is 77.0 Å². The van der Waals surface area contributed by atoms with Crippen molar-refractivity contribution in [1.82, 2.24) is 10.6 Å². The van der Waals surface area contributed by atoms with Crippen LogP contribution in [-0.2, 0) is 51.2 Å². The summed E-state index contributed by atoms with van der Waals surface area (Å²) in [5.74, 6) is 1.02. The largest absolute Gasteiger partial charge is 0.497 e. The minimum Gasteiger partial charge on any atom is -0.497 e. The Morgan fingerprint density at radius 2 is 1.13 bits per heavy atom. The SMILES string of the molecule is CCCCCCCCCCCNC(=O)[C@H](CO[C@H]1O[C@@H]2CO[C@@H](c3ccccc3)O[C@@H]2[C@H](OCc2ccc(OC)cc2)[C@H]1OCc1ccc(OC)cc1)NC(=O)CCCCCCCCCCC. The van der Waals surface area contributed by atoms with Crippen LogP contribution in [0.25, 0.3) is 0 Å². The van der Waals surface area contributed by atoms with Gasteiger partial charge in [-0.15, -0.1) is 0 Å². The highest BCUT2D eigenvalue weighted by atomic mass is 16.8. The molecular weight excluding hydrogens is 849 g/mol. The lowest BCUT2D eigenvalue weighted by atomic mass is 9.97. The van der Waals surface area contributed by atoms with Gasteiger partial charge in [-0.2, -0.15) is 0 Å². The Balaban J connectivity index is 1.31. The molecule has 0 aliphatic carbocycles. The topological polar surface area (TPSA) is 132 Å². The number of unbranched alkanes of at least 4 members (excludes halogenated alkanes) is 16. The molecule has 2 saturated heterocycles. The van der Waals surface area contributed by atoms with Crippen LogP contribution < -0.4 is 20.1 Å². The molecule has 0 radical (unpaired) electrons. The lowest BCUT2D eigenvalue weighted by Crippen LogP contribution is -2.64. The van der Waals surface area contributed by atoms with Crippen LogP contribution >= 0.6 is 0 Å². The predicted octanol–water partition coefficient (Wildman–Crippen LogP) is 11.1. The number of hydrogen-bond acceptors (Lipinski definition) is 10. The monoisotopic (exact) mass is 931 g/mol. The first-order valence-electron chi connectivity index (χ1n) is 25.6. The molecule has 0 spiro atoms. The molecule has 0 bridgehead atoms. The zero-order chi connectivity index (χ0) is 47.3. The van der Waals surface area contributed by atoms with E-state index in [-0.39, 0.29) is 38.2 Å². The fourth-order valence-corrected chi connectivity index (χ4v) is 8.66. The first kappa shape index (κ1) is 53.9. The van der Waals surface area contributed by atoms with Gasteiger partial charge >= 0.3 is 0 Å². The molecule has 372 valence electrons. The summed E-state index contributed by atoms with van der Waals surface area (Å²) in [7, 11) is 3.27. The van der Waals surface area contributed by atoms with Crippen molar-refractivity contribution < 1.29 is 47.5 Å². The van der Waals surface area contributed by atoms with Crippen LogP contribution in [0.3, 0.4) is 0 Å². The molecule has 3 aromatic carbocycles. The predicted molar refractivity (Wildman–Crippen MR) is 262 cm³/mol. The molecule has 5 rings (SSSR count). The van der Waals surface area contributed by atoms with E-state index < -0.39 is 43.0 Å². The van der Waals surface area contributed by atoms with Crippen LogP contribution in [0.5, 0.6) is 11.5 Å². The van der Waals surface area contributed by atoms with E-state index >= 15 is 0 Å². The molecule has 2 N–H and O–H groups in total. The summed E-state index contributed by atoms with van der Waals surface area (Å²) in [6.07, 6.45) is 17.0. The van der Waals surface area contributed by atoms with E-state index in [1.807, 2.05) is 78.9 Å². The van der Waals surface area contributed by atoms with Crippen LogP contribution in [0, 0.1) is 0 Å². The molecule has 2 aliphatic heterocycles. The number of hydrogen-bond donors (Lipinski definition) is 2. The average molecular weight is 931 g/mol. The third-order valence-electron chi connectivity index (χ3n) is 12.7. The van der Waals surface area contributed by atoms with Crippen molar-refractivity contribution in [3.05, 3.63) is 95.6 Å². The van der Waals surface area contributed by atoms with Crippen LogP contribution in [0.1, 0.15) is 159 Å². The fraction of sp³-hybridized carbons (Fsp3) is 0.636. The van der Waals surface area contributed by atoms with E-state index in [0.717, 1.165) is 66.7 Å². The maximum Gasteiger partial charge on any atom is 0.244 e. The van der Waals surface area contributed by atoms with E-state index in [9.17, 15) is 9.59 Å². The minimum absolute atomic E-state index is 0.142. The Morgan fingerprint density at radius 1 is 0.612 bits per heavy atom. The first-order valence-corrected chi connectivity index (χ1v) is 25.6. The molecule has 2 fully saturated rings. The Hall–Kier alpha value is -4.04. The minimum atomic E-state index is -1.01. The number of benzene rings is 3. The molecule has 3 aromatic rings. The maximum absolute atomic E-state index is 14.0. The second-order valence-corrected chi connectivity index (χ2v) is 18.1.